The van der Waals surface area contributed by atoms with Crippen molar-refractivity contribution in [1.82, 2.24) is 5.43 Å². The van der Waals surface area contributed by atoms with Crippen LogP contribution in [0.4, 0.5) is 0 Å². The SMILES string of the molecule is COc1cccc(C(Cc2ccccc2C)NN)c1. The number of nitrogens with two attached hydrogens (primary N) is 1. The lowest BCUT2D eigenvalue weighted by Gasteiger charge is -2.18. The van der Waals surface area contributed by atoms with Gasteiger partial charge in [0.25, 0.3) is 0 Å². The largest absolute Gasteiger partial charge is 0.497 e. The zero-order chi connectivity index (χ0) is 13.7. The van der Waals surface area contributed by atoms with Crippen LogP contribution in [0.2, 0.25) is 0 Å². The molecule has 0 saturated carbocycles. The topological polar surface area (TPSA) is 47.3 Å². The number of rotatable bonds is 5. The number of ether oxygens (including phenoxy) is 1. The highest BCUT2D eigenvalue weighted by atomic mass is 16.5. The first-order valence-corrected chi connectivity index (χ1v) is 6.39. The Balaban J connectivity index is 2.22. The van der Waals surface area contributed by atoms with E-state index in [4.69, 9.17) is 10.6 Å². The molecule has 19 heavy (non-hydrogen) atoms. The minimum absolute atomic E-state index is 0.0798. The van der Waals surface area contributed by atoms with Gasteiger partial charge in [0.15, 0.2) is 0 Å². The number of hydrogen-bond acceptors (Lipinski definition) is 3. The average Bonchev–Trinajstić information content (AvgIpc) is 2.46. The molecule has 0 saturated heterocycles. The molecule has 100 valence electrons. The maximum Gasteiger partial charge on any atom is 0.119 e. The Morgan fingerprint density at radius 1 is 1.16 bits per heavy atom. The zero-order valence-corrected chi connectivity index (χ0v) is 11.4. The first-order valence-electron chi connectivity index (χ1n) is 6.39. The molecule has 0 fully saturated rings. The molecule has 0 spiro atoms. The summed E-state index contributed by atoms with van der Waals surface area (Å²) < 4.78 is 5.25. The predicted octanol–water partition coefficient (Wildman–Crippen LogP) is 2.75. The number of aryl methyl sites for hydroxylation is 1. The van der Waals surface area contributed by atoms with Gasteiger partial charge in [-0.15, -0.1) is 0 Å². The third-order valence-electron chi connectivity index (χ3n) is 3.38. The molecule has 0 aromatic heterocycles. The van der Waals surface area contributed by atoms with Crippen molar-refractivity contribution in [3.63, 3.8) is 0 Å². The minimum Gasteiger partial charge on any atom is -0.497 e. The quantitative estimate of drug-likeness (QED) is 0.639. The lowest BCUT2D eigenvalue weighted by Crippen LogP contribution is -2.29. The molecule has 2 rings (SSSR count). The van der Waals surface area contributed by atoms with Crippen LogP contribution in [-0.2, 0) is 6.42 Å². The van der Waals surface area contributed by atoms with Gasteiger partial charge in [-0.25, -0.2) is 0 Å². The van der Waals surface area contributed by atoms with Gasteiger partial charge in [0.05, 0.1) is 13.2 Å². The van der Waals surface area contributed by atoms with Crippen LogP contribution in [0, 0.1) is 6.92 Å². The standard InChI is InChI=1S/C16H20N2O/c1-12-6-3-4-7-13(12)11-16(18-17)14-8-5-9-15(10-14)19-2/h3-10,16,18H,11,17H2,1-2H3. The molecule has 3 nitrogen and oxygen atoms in total. The second-order valence-electron chi connectivity index (χ2n) is 4.63. The minimum atomic E-state index is 0.0798. The van der Waals surface area contributed by atoms with Crippen molar-refractivity contribution in [3.8, 4) is 5.75 Å². The Hall–Kier alpha value is -1.84. The van der Waals surface area contributed by atoms with E-state index in [1.165, 1.54) is 11.1 Å². The van der Waals surface area contributed by atoms with Crippen LogP contribution < -0.4 is 16.0 Å². The Bertz CT molecular complexity index is 540. The predicted molar refractivity (Wildman–Crippen MR) is 77.9 cm³/mol. The van der Waals surface area contributed by atoms with Crippen molar-refractivity contribution in [2.45, 2.75) is 19.4 Å². The van der Waals surface area contributed by atoms with Crippen molar-refractivity contribution in [2.24, 2.45) is 5.84 Å². The highest BCUT2D eigenvalue weighted by Crippen LogP contribution is 2.23. The molecule has 0 amide bonds. The van der Waals surface area contributed by atoms with Gasteiger partial charge in [-0.3, -0.25) is 11.3 Å². The molecular formula is C16H20N2O. The van der Waals surface area contributed by atoms with Crippen LogP contribution in [0.15, 0.2) is 48.5 Å². The lowest BCUT2D eigenvalue weighted by molar-refractivity contribution is 0.413. The Morgan fingerprint density at radius 2 is 1.95 bits per heavy atom. The maximum atomic E-state index is 5.70. The summed E-state index contributed by atoms with van der Waals surface area (Å²) in [6.45, 7) is 2.12. The summed E-state index contributed by atoms with van der Waals surface area (Å²) in [5, 5.41) is 0. The molecule has 1 atom stereocenters. The highest BCUT2D eigenvalue weighted by Gasteiger charge is 2.12. The van der Waals surface area contributed by atoms with Crippen LogP contribution in [0.25, 0.3) is 0 Å². The van der Waals surface area contributed by atoms with Gasteiger partial charge in [-0.2, -0.15) is 0 Å². The van der Waals surface area contributed by atoms with E-state index in [9.17, 15) is 0 Å². The Morgan fingerprint density at radius 3 is 2.63 bits per heavy atom. The van der Waals surface area contributed by atoms with Crippen LogP contribution >= 0.6 is 0 Å². The molecule has 0 aliphatic carbocycles. The summed E-state index contributed by atoms with van der Waals surface area (Å²) in [5.41, 5.74) is 6.60. The third-order valence-corrected chi connectivity index (χ3v) is 3.38. The van der Waals surface area contributed by atoms with E-state index in [-0.39, 0.29) is 6.04 Å². The Kier molecular flexibility index (Phi) is 4.55. The Labute approximate surface area is 114 Å². The van der Waals surface area contributed by atoms with E-state index < -0.39 is 0 Å². The van der Waals surface area contributed by atoms with Crippen LogP contribution in [0.5, 0.6) is 5.75 Å². The molecule has 2 aromatic rings. The molecule has 3 heteroatoms. The third kappa shape index (κ3) is 3.34. The molecule has 0 aliphatic heterocycles. The normalized spacial score (nSPS) is 12.2. The molecule has 0 heterocycles. The highest BCUT2D eigenvalue weighted by molar-refractivity contribution is 5.33. The average molecular weight is 256 g/mol. The van der Waals surface area contributed by atoms with Crippen molar-refractivity contribution in [2.75, 3.05) is 7.11 Å². The first-order chi connectivity index (χ1) is 9.24. The van der Waals surface area contributed by atoms with Crippen LogP contribution in [-0.4, -0.2) is 7.11 Å². The summed E-state index contributed by atoms with van der Waals surface area (Å²) >= 11 is 0. The van der Waals surface area contributed by atoms with Gasteiger partial charge in [0.2, 0.25) is 0 Å². The van der Waals surface area contributed by atoms with Gasteiger partial charge < -0.3 is 4.74 Å². The summed E-state index contributed by atoms with van der Waals surface area (Å²) in [7, 11) is 1.67. The van der Waals surface area contributed by atoms with E-state index >= 15 is 0 Å². The second kappa shape index (κ2) is 6.36. The van der Waals surface area contributed by atoms with E-state index in [2.05, 4.69) is 42.7 Å². The molecule has 0 aliphatic rings. The van der Waals surface area contributed by atoms with Gasteiger partial charge in [-0.1, -0.05) is 36.4 Å². The van der Waals surface area contributed by atoms with Crippen LogP contribution in [0.3, 0.4) is 0 Å². The summed E-state index contributed by atoms with van der Waals surface area (Å²) in [4.78, 5) is 0. The van der Waals surface area contributed by atoms with E-state index in [0.717, 1.165) is 17.7 Å². The van der Waals surface area contributed by atoms with Gasteiger partial charge in [0, 0.05) is 0 Å². The lowest BCUT2D eigenvalue weighted by atomic mass is 9.96. The molecule has 2 aromatic carbocycles. The summed E-state index contributed by atoms with van der Waals surface area (Å²) in [6, 6.07) is 16.4. The van der Waals surface area contributed by atoms with E-state index in [1.807, 2.05) is 18.2 Å². The summed E-state index contributed by atoms with van der Waals surface area (Å²) in [5.74, 6) is 6.55. The first kappa shape index (κ1) is 13.6. The molecular weight excluding hydrogens is 236 g/mol. The monoisotopic (exact) mass is 256 g/mol. The number of hydrazine groups is 1. The smallest absolute Gasteiger partial charge is 0.119 e. The van der Waals surface area contributed by atoms with Crippen LogP contribution in [0.1, 0.15) is 22.7 Å². The maximum absolute atomic E-state index is 5.70. The number of methoxy groups -OCH3 is 1. The molecule has 0 bridgehead atoms. The van der Waals surface area contributed by atoms with Gasteiger partial charge in [-0.05, 0) is 42.2 Å². The van der Waals surface area contributed by atoms with Crippen molar-refractivity contribution in [1.29, 1.82) is 0 Å². The van der Waals surface area contributed by atoms with Crippen molar-refractivity contribution >= 4 is 0 Å². The number of hydrogen-bond donors (Lipinski definition) is 2. The van der Waals surface area contributed by atoms with E-state index in [1.54, 1.807) is 7.11 Å². The van der Waals surface area contributed by atoms with E-state index in [0.29, 0.717) is 0 Å². The zero-order valence-electron chi connectivity index (χ0n) is 11.4. The number of benzene rings is 2. The summed E-state index contributed by atoms with van der Waals surface area (Å²) in [6.07, 6.45) is 0.857. The molecule has 1 unspecified atom stereocenters. The fourth-order valence-electron chi connectivity index (χ4n) is 2.19. The van der Waals surface area contributed by atoms with Gasteiger partial charge in [0.1, 0.15) is 5.75 Å². The second-order valence-corrected chi connectivity index (χ2v) is 4.63. The van der Waals surface area contributed by atoms with Crippen molar-refractivity contribution < 1.29 is 4.74 Å². The molecule has 3 N–H and O–H groups in total. The number of nitrogens with one attached hydrogen (secondary N) is 1. The fraction of sp³-hybridized carbons (Fsp3) is 0.250. The van der Waals surface area contributed by atoms with Gasteiger partial charge >= 0.3 is 0 Å². The van der Waals surface area contributed by atoms with Crippen molar-refractivity contribution in [3.05, 3.63) is 65.2 Å². The molecule has 0 radical (unpaired) electrons. The fourth-order valence-corrected chi connectivity index (χ4v) is 2.19.